The molecular weight excluding hydrogens is 447 g/mol. The van der Waals surface area contributed by atoms with Crippen LogP contribution in [0.15, 0.2) is 14.0 Å². The van der Waals surface area contributed by atoms with Gasteiger partial charge in [0.2, 0.25) is 5.89 Å². The molecule has 0 aliphatic heterocycles. The van der Waals surface area contributed by atoms with Crippen LogP contribution in [0.1, 0.15) is 63.4 Å². The third kappa shape index (κ3) is 5.68. The number of halogens is 1. The van der Waals surface area contributed by atoms with E-state index in [1.54, 1.807) is 7.05 Å². The van der Waals surface area contributed by atoms with Gasteiger partial charge in [-0.2, -0.15) is 4.98 Å². The van der Waals surface area contributed by atoms with E-state index in [2.05, 4.69) is 44.8 Å². The van der Waals surface area contributed by atoms with Gasteiger partial charge < -0.3 is 19.7 Å². The van der Waals surface area contributed by atoms with Crippen molar-refractivity contribution in [3.05, 3.63) is 28.7 Å². The highest BCUT2D eigenvalue weighted by Crippen LogP contribution is 2.19. The van der Waals surface area contributed by atoms with E-state index >= 15 is 0 Å². The molecule has 0 fully saturated rings. The number of nitrogens with one attached hydrogen (secondary N) is 2. The quantitative estimate of drug-likeness (QED) is 0.376. The Morgan fingerprint density at radius 2 is 1.73 bits per heavy atom. The fourth-order valence-electron chi connectivity index (χ4n) is 2.32. The molecule has 0 bridgehead atoms. The third-order valence-electron chi connectivity index (χ3n) is 3.79. The third-order valence-corrected chi connectivity index (χ3v) is 3.79. The van der Waals surface area contributed by atoms with Gasteiger partial charge in [0.25, 0.3) is 0 Å². The van der Waals surface area contributed by atoms with Gasteiger partial charge in [-0.25, -0.2) is 0 Å². The van der Waals surface area contributed by atoms with Crippen molar-refractivity contribution in [2.24, 2.45) is 4.99 Å². The van der Waals surface area contributed by atoms with Crippen LogP contribution in [0.5, 0.6) is 0 Å². The van der Waals surface area contributed by atoms with Crippen LogP contribution in [0, 0.1) is 0 Å². The average molecular weight is 476 g/mol. The van der Waals surface area contributed by atoms with Crippen LogP contribution in [-0.4, -0.2) is 28.3 Å². The summed E-state index contributed by atoms with van der Waals surface area (Å²) in [6, 6.07) is 0. The minimum absolute atomic E-state index is 0. The van der Waals surface area contributed by atoms with Gasteiger partial charge in [0.05, 0.1) is 12.2 Å². The number of hydrogen-bond donors (Lipinski definition) is 2. The Balaban J connectivity index is 0.00000338. The van der Waals surface area contributed by atoms with E-state index in [4.69, 9.17) is 9.05 Å². The normalized spacial score (nSPS) is 12.0. The Bertz CT molecular complexity index is 696. The van der Waals surface area contributed by atoms with Crippen molar-refractivity contribution in [2.75, 3.05) is 7.05 Å². The molecule has 2 N–H and O–H groups in total. The molecule has 0 unspecified atom stereocenters. The standard InChI is InChI=1S/C17H28N6O2.HI/c1-7-12-11(13(8-2)24-22-12)9-19-16(18-6)20-10-14-21-15(25-23-14)17(3,4)5;/h7-10H2,1-6H3,(H2,18,19,20);1H. The summed E-state index contributed by atoms with van der Waals surface area (Å²) in [5, 5.41) is 14.6. The number of aryl methyl sites for hydroxylation is 2. The molecule has 0 saturated heterocycles. The maximum Gasteiger partial charge on any atom is 0.232 e. The number of hydrogen-bond acceptors (Lipinski definition) is 6. The summed E-state index contributed by atoms with van der Waals surface area (Å²) in [4.78, 5) is 8.63. The maximum atomic E-state index is 5.38. The van der Waals surface area contributed by atoms with Crippen LogP contribution in [0.25, 0.3) is 0 Å². The van der Waals surface area contributed by atoms with Crippen LogP contribution < -0.4 is 10.6 Å². The highest BCUT2D eigenvalue weighted by atomic mass is 127. The molecule has 0 saturated carbocycles. The molecule has 8 nitrogen and oxygen atoms in total. The molecule has 0 aromatic carbocycles. The zero-order valence-corrected chi connectivity index (χ0v) is 18.7. The Labute approximate surface area is 171 Å². The monoisotopic (exact) mass is 476 g/mol. The Kier molecular flexibility index (Phi) is 8.51. The topological polar surface area (TPSA) is 101 Å². The summed E-state index contributed by atoms with van der Waals surface area (Å²) in [5.74, 6) is 2.79. The molecule has 146 valence electrons. The predicted molar refractivity (Wildman–Crippen MR) is 111 cm³/mol. The number of aromatic nitrogens is 3. The average Bonchev–Trinajstić information content (AvgIpc) is 3.20. The van der Waals surface area contributed by atoms with Crippen molar-refractivity contribution >= 4 is 29.9 Å². The Morgan fingerprint density at radius 3 is 2.27 bits per heavy atom. The Morgan fingerprint density at radius 1 is 1.04 bits per heavy atom. The van der Waals surface area contributed by atoms with Gasteiger partial charge >= 0.3 is 0 Å². The van der Waals surface area contributed by atoms with Crippen LogP contribution in [-0.2, 0) is 31.3 Å². The number of aliphatic imine (C=N–C) groups is 1. The van der Waals surface area contributed by atoms with Gasteiger partial charge in [0.1, 0.15) is 5.76 Å². The molecule has 0 amide bonds. The van der Waals surface area contributed by atoms with Gasteiger partial charge in [-0.15, -0.1) is 24.0 Å². The summed E-state index contributed by atoms with van der Waals surface area (Å²) in [7, 11) is 1.72. The van der Waals surface area contributed by atoms with Crippen molar-refractivity contribution in [3.63, 3.8) is 0 Å². The van der Waals surface area contributed by atoms with Crippen LogP contribution >= 0.6 is 24.0 Å². The fourth-order valence-corrected chi connectivity index (χ4v) is 2.32. The second-order valence-electron chi connectivity index (χ2n) is 6.78. The molecule has 2 rings (SSSR count). The zero-order valence-electron chi connectivity index (χ0n) is 16.3. The van der Waals surface area contributed by atoms with Crippen LogP contribution in [0.2, 0.25) is 0 Å². The van der Waals surface area contributed by atoms with E-state index < -0.39 is 0 Å². The largest absolute Gasteiger partial charge is 0.361 e. The summed E-state index contributed by atoms with van der Waals surface area (Å²) in [5.41, 5.74) is 1.92. The van der Waals surface area contributed by atoms with E-state index in [-0.39, 0.29) is 29.4 Å². The highest BCUT2D eigenvalue weighted by molar-refractivity contribution is 14.0. The minimum atomic E-state index is -0.160. The first-order valence-corrected chi connectivity index (χ1v) is 8.62. The number of guanidine groups is 1. The van der Waals surface area contributed by atoms with E-state index in [1.165, 1.54) is 0 Å². The lowest BCUT2D eigenvalue weighted by Crippen LogP contribution is -2.36. The molecule has 0 atom stereocenters. The smallest absolute Gasteiger partial charge is 0.232 e. The molecule has 2 heterocycles. The molecule has 26 heavy (non-hydrogen) atoms. The first kappa shape index (κ1) is 22.4. The first-order valence-electron chi connectivity index (χ1n) is 8.62. The van der Waals surface area contributed by atoms with Crippen molar-refractivity contribution in [2.45, 2.75) is 66.0 Å². The molecule has 2 aromatic rings. The van der Waals surface area contributed by atoms with Crippen molar-refractivity contribution in [1.29, 1.82) is 0 Å². The van der Waals surface area contributed by atoms with Gasteiger partial charge in [0, 0.05) is 31.0 Å². The van der Waals surface area contributed by atoms with Crippen molar-refractivity contribution < 1.29 is 9.05 Å². The molecule has 9 heteroatoms. The predicted octanol–water partition coefficient (Wildman–Crippen LogP) is 2.96. The van der Waals surface area contributed by atoms with E-state index in [0.29, 0.717) is 30.8 Å². The fraction of sp³-hybridized carbons (Fsp3) is 0.647. The van der Waals surface area contributed by atoms with Gasteiger partial charge in [-0.3, -0.25) is 4.99 Å². The SMILES string of the molecule is CCc1noc(CC)c1CNC(=NC)NCc1noc(C(C)(C)C)n1.I. The molecule has 0 radical (unpaired) electrons. The van der Waals surface area contributed by atoms with E-state index in [1.807, 2.05) is 20.8 Å². The summed E-state index contributed by atoms with van der Waals surface area (Å²) in [6.45, 7) is 11.3. The molecule has 0 aliphatic carbocycles. The lowest BCUT2D eigenvalue weighted by molar-refractivity contribution is 0.318. The second-order valence-corrected chi connectivity index (χ2v) is 6.78. The lowest BCUT2D eigenvalue weighted by atomic mass is 9.97. The number of rotatable bonds is 6. The Hall–Kier alpha value is -1.65. The van der Waals surface area contributed by atoms with Crippen LogP contribution in [0.4, 0.5) is 0 Å². The highest BCUT2D eigenvalue weighted by Gasteiger charge is 2.21. The van der Waals surface area contributed by atoms with E-state index in [0.717, 1.165) is 29.9 Å². The van der Waals surface area contributed by atoms with Gasteiger partial charge in [-0.1, -0.05) is 44.9 Å². The summed E-state index contributed by atoms with van der Waals surface area (Å²) in [6.07, 6.45) is 1.65. The lowest BCUT2D eigenvalue weighted by Gasteiger charge is -2.11. The first-order chi connectivity index (χ1) is 11.9. The summed E-state index contributed by atoms with van der Waals surface area (Å²) < 4.78 is 10.7. The van der Waals surface area contributed by atoms with Crippen LogP contribution in [0.3, 0.4) is 0 Å². The van der Waals surface area contributed by atoms with Crippen molar-refractivity contribution in [3.8, 4) is 0 Å². The van der Waals surface area contributed by atoms with E-state index in [9.17, 15) is 0 Å². The molecule has 2 aromatic heterocycles. The van der Waals surface area contributed by atoms with Gasteiger partial charge in [0.15, 0.2) is 11.8 Å². The summed E-state index contributed by atoms with van der Waals surface area (Å²) >= 11 is 0. The molecule has 0 spiro atoms. The van der Waals surface area contributed by atoms with Gasteiger partial charge in [-0.05, 0) is 6.42 Å². The minimum Gasteiger partial charge on any atom is -0.361 e. The maximum absolute atomic E-state index is 5.38. The second kappa shape index (κ2) is 9.89. The molecule has 0 aliphatic rings. The molecular formula is C17H29IN6O2. The zero-order chi connectivity index (χ0) is 18.4. The number of nitrogens with zero attached hydrogens (tertiary/aromatic N) is 4. The van der Waals surface area contributed by atoms with Crippen molar-refractivity contribution in [1.82, 2.24) is 25.9 Å².